The number of piperidine rings is 1. The van der Waals surface area contributed by atoms with Gasteiger partial charge in [-0.1, -0.05) is 19.3 Å². The first-order valence-corrected chi connectivity index (χ1v) is 8.03. The van der Waals surface area contributed by atoms with Crippen LogP contribution >= 0.6 is 0 Å². The van der Waals surface area contributed by atoms with Crippen LogP contribution in [0.25, 0.3) is 0 Å². The average Bonchev–Trinajstić information content (AvgIpc) is 2.41. The minimum atomic E-state index is -4.18. The SMILES string of the molecule is O=C(CN1CCCCCCC1)N1CCCC(C(F)(F)F)C1. The third-order valence-corrected chi connectivity index (χ3v) is 4.54. The first-order valence-electron chi connectivity index (χ1n) is 8.03. The molecular weight excluding hydrogens is 281 g/mol. The van der Waals surface area contributed by atoms with E-state index in [9.17, 15) is 18.0 Å². The summed E-state index contributed by atoms with van der Waals surface area (Å²) in [6.07, 6.45) is 2.21. The molecule has 2 aliphatic rings. The van der Waals surface area contributed by atoms with Gasteiger partial charge in [0.1, 0.15) is 0 Å². The number of alkyl halides is 3. The number of likely N-dealkylation sites (tertiary alicyclic amines) is 2. The zero-order chi connectivity index (χ0) is 15.3. The van der Waals surface area contributed by atoms with Crippen LogP contribution in [0.15, 0.2) is 0 Å². The van der Waals surface area contributed by atoms with E-state index in [0.717, 1.165) is 25.9 Å². The lowest BCUT2D eigenvalue weighted by Gasteiger charge is -2.35. The number of halogens is 3. The Hall–Kier alpha value is -0.780. The topological polar surface area (TPSA) is 23.6 Å². The van der Waals surface area contributed by atoms with Crippen LogP contribution in [0, 0.1) is 5.92 Å². The van der Waals surface area contributed by atoms with Gasteiger partial charge in [0.05, 0.1) is 12.5 Å². The van der Waals surface area contributed by atoms with E-state index in [4.69, 9.17) is 0 Å². The van der Waals surface area contributed by atoms with Crippen molar-refractivity contribution in [3.05, 3.63) is 0 Å². The van der Waals surface area contributed by atoms with Crippen molar-refractivity contribution in [3.63, 3.8) is 0 Å². The van der Waals surface area contributed by atoms with E-state index < -0.39 is 12.1 Å². The van der Waals surface area contributed by atoms with E-state index in [1.54, 1.807) is 0 Å². The molecule has 1 amide bonds. The Morgan fingerprint density at radius 2 is 1.57 bits per heavy atom. The van der Waals surface area contributed by atoms with Gasteiger partial charge in [0.25, 0.3) is 0 Å². The van der Waals surface area contributed by atoms with Crippen LogP contribution in [0.4, 0.5) is 13.2 Å². The molecule has 0 aromatic heterocycles. The Kier molecular flexibility index (Phi) is 5.90. The van der Waals surface area contributed by atoms with Crippen LogP contribution < -0.4 is 0 Å². The van der Waals surface area contributed by atoms with Crippen LogP contribution in [-0.2, 0) is 4.79 Å². The second-order valence-corrected chi connectivity index (χ2v) is 6.26. The summed E-state index contributed by atoms with van der Waals surface area (Å²) in [5, 5.41) is 0. The Morgan fingerprint density at radius 1 is 0.952 bits per heavy atom. The molecule has 1 unspecified atom stereocenters. The largest absolute Gasteiger partial charge is 0.393 e. The smallest absolute Gasteiger partial charge is 0.341 e. The molecule has 2 aliphatic heterocycles. The lowest BCUT2D eigenvalue weighted by atomic mass is 9.97. The molecule has 2 rings (SSSR count). The summed E-state index contributed by atoms with van der Waals surface area (Å²) in [5.74, 6) is -1.48. The Bertz CT molecular complexity index is 338. The maximum atomic E-state index is 12.8. The molecule has 0 aliphatic carbocycles. The predicted molar refractivity (Wildman–Crippen MR) is 74.9 cm³/mol. The van der Waals surface area contributed by atoms with Crippen molar-refractivity contribution in [2.75, 3.05) is 32.7 Å². The molecule has 0 aromatic carbocycles. The Balaban J connectivity index is 1.84. The second kappa shape index (κ2) is 7.47. The molecule has 0 aromatic rings. The van der Waals surface area contributed by atoms with Gasteiger partial charge in [-0.2, -0.15) is 13.2 Å². The maximum Gasteiger partial charge on any atom is 0.393 e. The first-order chi connectivity index (χ1) is 9.97. The van der Waals surface area contributed by atoms with Crippen LogP contribution in [-0.4, -0.2) is 54.6 Å². The number of carbonyl (C=O) groups excluding carboxylic acids is 1. The van der Waals surface area contributed by atoms with Crippen LogP contribution in [0.3, 0.4) is 0 Å². The van der Waals surface area contributed by atoms with E-state index in [-0.39, 0.29) is 25.4 Å². The summed E-state index contributed by atoms with van der Waals surface area (Å²) in [5.41, 5.74) is 0. The van der Waals surface area contributed by atoms with Gasteiger partial charge in [-0.15, -0.1) is 0 Å². The monoisotopic (exact) mass is 306 g/mol. The van der Waals surface area contributed by atoms with Gasteiger partial charge in [0.15, 0.2) is 0 Å². The third-order valence-electron chi connectivity index (χ3n) is 4.54. The summed E-state index contributed by atoms with van der Waals surface area (Å²) in [4.78, 5) is 15.8. The molecular formula is C15H25F3N2O. The van der Waals surface area contributed by atoms with Crippen molar-refractivity contribution < 1.29 is 18.0 Å². The van der Waals surface area contributed by atoms with E-state index in [1.165, 1.54) is 24.2 Å². The lowest BCUT2D eigenvalue weighted by molar-refractivity contribution is -0.188. The van der Waals surface area contributed by atoms with Gasteiger partial charge in [-0.25, -0.2) is 0 Å². The summed E-state index contributed by atoms with van der Waals surface area (Å²) < 4.78 is 38.4. The fraction of sp³-hybridized carbons (Fsp3) is 0.933. The zero-order valence-corrected chi connectivity index (χ0v) is 12.5. The van der Waals surface area contributed by atoms with Crippen LogP contribution in [0.5, 0.6) is 0 Å². The average molecular weight is 306 g/mol. The third kappa shape index (κ3) is 5.16. The van der Waals surface area contributed by atoms with Crippen molar-refractivity contribution in [2.24, 2.45) is 5.92 Å². The molecule has 0 bridgehead atoms. The normalized spacial score (nSPS) is 26.2. The molecule has 2 saturated heterocycles. The number of hydrogen-bond donors (Lipinski definition) is 0. The van der Waals surface area contributed by atoms with Crippen LogP contribution in [0.1, 0.15) is 44.9 Å². The number of rotatable bonds is 2. The molecule has 2 fully saturated rings. The first kappa shape index (κ1) is 16.6. The summed E-state index contributed by atoms with van der Waals surface area (Å²) >= 11 is 0. The van der Waals surface area contributed by atoms with Crippen molar-refractivity contribution in [1.82, 2.24) is 9.80 Å². The second-order valence-electron chi connectivity index (χ2n) is 6.26. The Morgan fingerprint density at radius 3 is 2.19 bits per heavy atom. The summed E-state index contributed by atoms with van der Waals surface area (Å²) in [7, 11) is 0. The molecule has 1 atom stereocenters. The molecule has 21 heavy (non-hydrogen) atoms. The van der Waals surface area contributed by atoms with Gasteiger partial charge in [-0.3, -0.25) is 9.69 Å². The molecule has 2 heterocycles. The van der Waals surface area contributed by atoms with Gasteiger partial charge >= 0.3 is 6.18 Å². The van der Waals surface area contributed by atoms with Crippen LogP contribution in [0.2, 0.25) is 0 Å². The lowest BCUT2D eigenvalue weighted by Crippen LogP contribution is -2.48. The number of carbonyl (C=O) groups is 1. The van der Waals surface area contributed by atoms with E-state index in [1.807, 2.05) is 0 Å². The van der Waals surface area contributed by atoms with Gasteiger partial charge in [0.2, 0.25) is 5.91 Å². The van der Waals surface area contributed by atoms with E-state index >= 15 is 0 Å². The van der Waals surface area contributed by atoms with Crippen molar-refractivity contribution in [3.8, 4) is 0 Å². The van der Waals surface area contributed by atoms with Crippen molar-refractivity contribution >= 4 is 5.91 Å². The number of hydrogen-bond acceptors (Lipinski definition) is 2. The molecule has 0 radical (unpaired) electrons. The summed E-state index contributed by atoms with van der Waals surface area (Å²) in [6.45, 7) is 2.38. The molecule has 6 heteroatoms. The minimum Gasteiger partial charge on any atom is -0.341 e. The number of amides is 1. The van der Waals surface area contributed by atoms with Crippen molar-refractivity contribution in [2.45, 2.75) is 51.1 Å². The zero-order valence-electron chi connectivity index (χ0n) is 12.5. The highest BCUT2D eigenvalue weighted by atomic mass is 19.4. The van der Waals surface area contributed by atoms with Crippen molar-refractivity contribution in [1.29, 1.82) is 0 Å². The fourth-order valence-corrected chi connectivity index (χ4v) is 3.23. The highest BCUT2D eigenvalue weighted by molar-refractivity contribution is 5.78. The van der Waals surface area contributed by atoms with E-state index in [0.29, 0.717) is 13.0 Å². The van der Waals surface area contributed by atoms with Gasteiger partial charge < -0.3 is 4.90 Å². The van der Waals surface area contributed by atoms with Gasteiger partial charge in [-0.05, 0) is 38.8 Å². The quantitative estimate of drug-likeness (QED) is 0.783. The van der Waals surface area contributed by atoms with E-state index in [2.05, 4.69) is 4.90 Å². The molecule has 0 saturated carbocycles. The fourth-order valence-electron chi connectivity index (χ4n) is 3.23. The van der Waals surface area contributed by atoms with Gasteiger partial charge in [0, 0.05) is 13.1 Å². The standard InChI is InChI=1S/C15H25F3N2O/c16-15(17,18)13-7-6-10-20(11-13)14(21)12-19-8-4-2-1-3-5-9-19/h13H,1-12H2. The molecule has 122 valence electrons. The summed E-state index contributed by atoms with van der Waals surface area (Å²) in [6, 6.07) is 0. The molecule has 3 nitrogen and oxygen atoms in total. The Labute approximate surface area is 124 Å². The predicted octanol–water partition coefficient (Wildman–Crippen LogP) is 3.05. The molecule has 0 N–H and O–H groups in total. The maximum absolute atomic E-state index is 12.8. The highest BCUT2D eigenvalue weighted by Crippen LogP contribution is 2.33. The minimum absolute atomic E-state index is 0.135. The highest BCUT2D eigenvalue weighted by Gasteiger charge is 2.42. The number of nitrogens with zero attached hydrogens (tertiary/aromatic N) is 2. The molecule has 0 spiro atoms.